The van der Waals surface area contributed by atoms with Crippen LogP contribution in [0.25, 0.3) is 0 Å². The number of carbonyl (C=O) groups is 1. The fraction of sp³-hybridized carbons (Fsp3) is 0.296. The van der Waals surface area contributed by atoms with Crippen LogP contribution >= 0.6 is 11.6 Å². The van der Waals surface area contributed by atoms with E-state index in [1.807, 2.05) is 36.4 Å². The van der Waals surface area contributed by atoms with Crippen LogP contribution in [0, 0.1) is 18.6 Å². The summed E-state index contributed by atoms with van der Waals surface area (Å²) in [5.74, 6) is -1.28. The van der Waals surface area contributed by atoms with Gasteiger partial charge in [-0.2, -0.15) is 0 Å². The highest BCUT2D eigenvalue weighted by molar-refractivity contribution is 6.30. The molecule has 0 unspecified atom stereocenters. The van der Waals surface area contributed by atoms with Crippen molar-refractivity contribution in [1.29, 1.82) is 0 Å². The van der Waals surface area contributed by atoms with E-state index in [1.165, 1.54) is 5.56 Å². The number of anilines is 1. The van der Waals surface area contributed by atoms with E-state index in [4.69, 9.17) is 16.3 Å². The van der Waals surface area contributed by atoms with Crippen molar-refractivity contribution in [1.82, 2.24) is 9.80 Å². The summed E-state index contributed by atoms with van der Waals surface area (Å²) in [7, 11) is 0. The molecule has 0 aromatic heterocycles. The van der Waals surface area contributed by atoms with Crippen LogP contribution in [-0.4, -0.2) is 48.6 Å². The van der Waals surface area contributed by atoms with E-state index in [9.17, 15) is 13.6 Å². The van der Waals surface area contributed by atoms with Gasteiger partial charge in [0.2, 0.25) is 0 Å². The monoisotopic (exact) mass is 499 g/mol. The predicted octanol–water partition coefficient (Wildman–Crippen LogP) is 6.03. The van der Waals surface area contributed by atoms with Crippen LogP contribution in [0.3, 0.4) is 0 Å². The molecule has 184 valence electrons. The predicted molar refractivity (Wildman–Crippen MR) is 134 cm³/mol. The molecule has 0 aliphatic carbocycles. The molecule has 0 bridgehead atoms. The summed E-state index contributed by atoms with van der Waals surface area (Å²) >= 11 is 6.08. The SMILES string of the molecule is Cc1cccc(CO[C@H](CN2CCN(C(=O)Nc3cc(F)ccc3F)CC2)c2ccc(Cl)cc2)c1. The summed E-state index contributed by atoms with van der Waals surface area (Å²) < 4.78 is 33.6. The summed E-state index contributed by atoms with van der Waals surface area (Å²) in [5.41, 5.74) is 3.16. The van der Waals surface area contributed by atoms with Gasteiger partial charge in [-0.15, -0.1) is 0 Å². The first-order chi connectivity index (χ1) is 16.9. The van der Waals surface area contributed by atoms with Gasteiger partial charge in [-0.1, -0.05) is 53.6 Å². The Hall–Kier alpha value is -3.00. The smallest absolute Gasteiger partial charge is 0.322 e. The van der Waals surface area contributed by atoms with Gasteiger partial charge in [-0.05, 0) is 42.3 Å². The van der Waals surface area contributed by atoms with Gasteiger partial charge in [0.25, 0.3) is 0 Å². The lowest BCUT2D eigenvalue weighted by molar-refractivity contribution is 0.00592. The number of amides is 2. The van der Waals surface area contributed by atoms with Crippen molar-refractivity contribution in [3.05, 3.63) is 100 Å². The Morgan fingerprint density at radius 3 is 2.49 bits per heavy atom. The highest BCUT2D eigenvalue weighted by Gasteiger charge is 2.25. The lowest BCUT2D eigenvalue weighted by Gasteiger charge is -2.36. The molecular formula is C27H28ClF2N3O2. The van der Waals surface area contributed by atoms with Crippen molar-refractivity contribution < 1.29 is 18.3 Å². The number of aryl methyl sites for hydroxylation is 1. The zero-order valence-corrected chi connectivity index (χ0v) is 20.3. The third-order valence-electron chi connectivity index (χ3n) is 6.03. The molecule has 8 heteroatoms. The van der Waals surface area contributed by atoms with Gasteiger partial charge in [-0.3, -0.25) is 4.90 Å². The van der Waals surface area contributed by atoms with Crippen molar-refractivity contribution in [2.24, 2.45) is 0 Å². The van der Waals surface area contributed by atoms with Gasteiger partial charge in [0.1, 0.15) is 11.6 Å². The second-order valence-electron chi connectivity index (χ2n) is 8.68. The highest BCUT2D eigenvalue weighted by atomic mass is 35.5. The number of halogens is 3. The van der Waals surface area contributed by atoms with E-state index in [0.717, 1.165) is 29.3 Å². The number of hydrogen-bond acceptors (Lipinski definition) is 3. The van der Waals surface area contributed by atoms with E-state index in [1.54, 1.807) is 4.90 Å². The molecule has 1 heterocycles. The van der Waals surface area contributed by atoms with E-state index in [2.05, 4.69) is 29.3 Å². The second kappa shape index (κ2) is 11.6. The van der Waals surface area contributed by atoms with Crippen LogP contribution in [0.2, 0.25) is 5.02 Å². The van der Waals surface area contributed by atoms with E-state index < -0.39 is 17.7 Å². The van der Waals surface area contributed by atoms with Crippen molar-refractivity contribution in [3.8, 4) is 0 Å². The first-order valence-corrected chi connectivity index (χ1v) is 11.9. The van der Waals surface area contributed by atoms with Gasteiger partial charge in [0.15, 0.2) is 0 Å². The number of ether oxygens (including phenoxy) is 1. The van der Waals surface area contributed by atoms with Gasteiger partial charge in [0.05, 0.1) is 18.4 Å². The molecule has 1 fully saturated rings. The minimum atomic E-state index is -0.671. The zero-order chi connectivity index (χ0) is 24.8. The summed E-state index contributed by atoms with van der Waals surface area (Å²) in [4.78, 5) is 16.4. The maximum atomic E-state index is 13.9. The molecule has 0 radical (unpaired) electrons. The number of nitrogens with one attached hydrogen (secondary N) is 1. The molecule has 3 aromatic rings. The summed E-state index contributed by atoms with van der Waals surface area (Å²) in [6, 6.07) is 18.4. The van der Waals surface area contributed by atoms with Gasteiger partial charge in [-0.25, -0.2) is 13.6 Å². The lowest BCUT2D eigenvalue weighted by Crippen LogP contribution is -2.50. The molecule has 1 saturated heterocycles. The van der Waals surface area contributed by atoms with Gasteiger partial charge < -0.3 is 15.0 Å². The Kier molecular flexibility index (Phi) is 8.33. The average Bonchev–Trinajstić information content (AvgIpc) is 2.85. The third kappa shape index (κ3) is 7.01. The second-order valence-corrected chi connectivity index (χ2v) is 9.12. The molecule has 1 aliphatic rings. The quantitative estimate of drug-likeness (QED) is 0.431. The fourth-order valence-electron chi connectivity index (χ4n) is 4.09. The molecule has 0 saturated carbocycles. The number of urea groups is 1. The molecule has 4 rings (SSSR count). The van der Waals surface area contributed by atoms with Crippen molar-refractivity contribution in [2.75, 3.05) is 38.0 Å². The minimum absolute atomic E-state index is 0.162. The normalized spacial score (nSPS) is 15.1. The summed E-state index contributed by atoms with van der Waals surface area (Å²) in [6.45, 7) is 5.40. The van der Waals surface area contributed by atoms with Crippen LogP contribution in [-0.2, 0) is 11.3 Å². The molecule has 1 atom stereocenters. The van der Waals surface area contributed by atoms with Crippen molar-refractivity contribution in [2.45, 2.75) is 19.6 Å². The molecule has 1 N–H and O–H groups in total. The Morgan fingerprint density at radius 2 is 1.77 bits per heavy atom. The van der Waals surface area contributed by atoms with E-state index in [-0.39, 0.29) is 11.8 Å². The lowest BCUT2D eigenvalue weighted by atomic mass is 10.1. The third-order valence-corrected chi connectivity index (χ3v) is 6.28. The molecule has 35 heavy (non-hydrogen) atoms. The van der Waals surface area contributed by atoms with Crippen LogP contribution in [0.1, 0.15) is 22.8 Å². The van der Waals surface area contributed by atoms with Crippen LogP contribution in [0.4, 0.5) is 19.3 Å². The number of nitrogens with zero attached hydrogens (tertiary/aromatic N) is 2. The highest BCUT2D eigenvalue weighted by Crippen LogP contribution is 2.24. The molecule has 5 nitrogen and oxygen atoms in total. The summed E-state index contributed by atoms with van der Waals surface area (Å²) in [5, 5.41) is 3.13. The molecule has 2 amide bonds. The van der Waals surface area contributed by atoms with Gasteiger partial charge >= 0.3 is 6.03 Å². The number of carbonyl (C=O) groups excluding carboxylic acids is 1. The van der Waals surface area contributed by atoms with Crippen LogP contribution < -0.4 is 5.32 Å². The molecule has 1 aliphatic heterocycles. The zero-order valence-electron chi connectivity index (χ0n) is 19.5. The minimum Gasteiger partial charge on any atom is -0.368 e. The Labute approximate surface area is 209 Å². The first kappa shape index (κ1) is 25.1. The maximum absolute atomic E-state index is 13.9. The van der Waals surface area contributed by atoms with E-state index in [0.29, 0.717) is 44.4 Å². The molecular weight excluding hydrogens is 472 g/mol. The number of hydrogen-bond donors (Lipinski definition) is 1. The van der Waals surface area contributed by atoms with Crippen LogP contribution in [0.5, 0.6) is 0 Å². The Balaban J connectivity index is 1.36. The van der Waals surface area contributed by atoms with E-state index >= 15 is 0 Å². The maximum Gasteiger partial charge on any atom is 0.322 e. The fourth-order valence-corrected chi connectivity index (χ4v) is 4.21. The summed E-state index contributed by atoms with van der Waals surface area (Å²) in [6.07, 6.45) is -0.172. The van der Waals surface area contributed by atoms with Crippen molar-refractivity contribution in [3.63, 3.8) is 0 Å². The Morgan fingerprint density at radius 1 is 1.03 bits per heavy atom. The van der Waals surface area contributed by atoms with Crippen molar-refractivity contribution >= 4 is 23.3 Å². The standard InChI is InChI=1S/C27H28ClF2N3O2/c1-19-3-2-4-20(15-19)18-35-26(21-5-7-22(28)8-6-21)17-32-11-13-33(14-12-32)27(34)31-25-16-23(29)9-10-24(25)30/h2-10,15-16,26H,11-14,17-18H2,1H3,(H,31,34)/t26-/m1/s1. The largest absolute Gasteiger partial charge is 0.368 e. The number of piperazine rings is 1. The van der Waals surface area contributed by atoms with Gasteiger partial charge in [0, 0.05) is 43.8 Å². The number of benzene rings is 3. The average molecular weight is 500 g/mol. The topological polar surface area (TPSA) is 44.8 Å². The van der Waals surface area contributed by atoms with Crippen LogP contribution in [0.15, 0.2) is 66.7 Å². The first-order valence-electron chi connectivity index (χ1n) is 11.5. The number of rotatable bonds is 7. The molecule has 3 aromatic carbocycles. The molecule has 0 spiro atoms. The Bertz CT molecular complexity index is 1150.